The van der Waals surface area contributed by atoms with Crippen molar-refractivity contribution < 1.29 is 18.3 Å². The fraction of sp³-hybridized carbons (Fsp3) is 0.455. The second-order valence-corrected chi connectivity index (χ2v) is 6.11. The zero-order valence-electron chi connectivity index (χ0n) is 9.80. The molecule has 0 fully saturated rings. The van der Waals surface area contributed by atoms with E-state index in [-0.39, 0.29) is 18.1 Å². The summed E-state index contributed by atoms with van der Waals surface area (Å²) >= 11 is 3.20. The summed E-state index contributed by atoms with van der Waals surface area (Å²) in [6.45, 7) is 0.966. The van der Waals surface area contributed by atoms with Gasteiger partial charge >= 0.3 is 0 Å². The number of nitrogens with one attached hydrogen (secondary N) is 1. The van der Waals surface area contributed by atoms with Gasteiger partial charge in [0.1, 0.15) is 0 Å². The average molecular weight is 338 g/mol. The number of hydrogen-bond donors (Lipinski definition) is 2. The Labute approximate surface area is 115 Å². The molecule has 102 valence electrons. The van der Waals surface area contributed by atoms with Gasteiger partial charge in [0.05, 0.1) is 18.1 Å². The molecule has 18 heavy (non-hydrogen) atoms. The molecule has 0 aromatic heterocycles. The number of rotatable bonds is 8. The van der Waals surface area contributed by atoms with Gasteiger partial charge < -0.3 is 9.84 Å². The van der Waals surface area contributed by atoms with Gasteiger partial charge in [-0.05, 0) is 34.5 Å². The summed E-state index contributed by atoms with van der Waals surface area (Å²) in [5, 5.41) is 8.49. The molecule has 0 radical (unpaired) electrons. The highest BCUT2D eigenvalue weighted by Gasteiger charge is 2.15. The zero-order chi connectivity index (χ0) is 13.4. The van der Waals surface area contributed by atoms with Crippen molar-refractivity contribution in [2.45, 2.75) is 11.3 Å². The van der Waals surface area contributed by atoms with Crippen molar-refractivity contribution in [2.75, 3.05) is 26.4 Å². The molecule has 0 bridgehead atoms. The average Bonchev–Trinajstić information content (AvgIpc) is 2.34. The number of halogens is 1. The Morgan fingerprint density at radius 3 is 2.67 bits per heavy atom. The van der Waals surface area contributed by atoms with E-state index in [1.165, 1.54) is 6.07 Å². The van der Waals surface area contributed by atoms with Crippen LogP contribution < -0.4 is 4.72 Å². The Kier molecular flexibility index (Phi) is 6.80. The van der Waals surface area contributed by atoms with Crippen LogP contribution in [0, 0.1) is 0 Å². The van der Waals surface area contributed by atoms with Crippen LogP contribution in [0.15, 0.2) is 33.6 Å². The molecular weight excluding hydrogens is 322 g/mol. The molecular formula is C11H16BrNO4S. The Morgan fingerprint density at radius 2 is 2.00 bits per heavy atom. The molecule has 2 N–H and O–H groups in total. The summed E-state index contributed by atoms with van der Waals surface area (Å²) in [5.74, 6) is 0. The van der Waals surface area contributed by atoms with Gasteiger partial charge in [0.25, 0.3) is 0 Å². The standard InChI is InChI=1S/C11H16BrNO4S/c12-10-4-1-2-5-11(10)18(15,16)13-6-3-8-17-9-7-14/h1-2,4-5,13-14H,3,6-9H2. The van der Waals surface area contributed by atoms with Crippen molar-refractivity contribution in [1.29, 1.82) is 0 Å². The number of ether oxygens (including phenoxy) is 1. The molecule has 0 unspecified atom stereocenters. The predicted molar refractivity (Wildman–Crippen MR) is 71.9 cm³/mol. The largest absolute Gasteiger partial charge is 0.394 e. The maximum absolute atomic E-state index is 11.9. The molecule has 1 rings (SSSR count). The third-order valence-corrected chi connectivity index (χ3v) is 4.59. The Morgan fingerprint density at radius 1 is 1.28 bits per heavy atom. The summed E-state index contributed by atoms with van der Waals surface area (Å²) in [6, 6.07) is 6.64. The van der Waals surface area contributed by atoms with Crippen LogP contribution in [0.4, 0.5) is 0 Å². The van der Waals surface area contributed by atoms with E-state index >= 15 is 0 Å². The minimum atomic E-state index is -3.49. The second kappa shape index (κ2) is 7.85. The van der Waals surface area contributed by atoms with Crippen LogP contribution in [0.5, 0.6) is 0 Å². The highest BCUT2D eigenvalue weighted by Crippen LogP contribution is 2.20. The summed E-state index contributed by atoms with van der Waals surface area (Å²) in [4.78, 5) is 0.223. The van der Waals surface area contributed by atoms with Gasteiger partial charge in [-0.2, -0.15) is 0 Å². The van der Waals surface area contributed by atoms with Crippen molar-refractivity contribution in [2.24, 2.45) is 0 Å². The van der Waals surface area contributed by atoms with E-state index in [0.29, 0.717) is 24.0 Å². The van der Waals surface area contributed by atoms with E-state index in [9.17, 15) is 8.42 Å². The lowest BCUT2D eigenvalue weighted by Crippen LogP contribution is -2.26. The molecule has 5 nitrogen and oxygen atoms in total. The molecule has 0 atom stereocenters. The van der Waals surface area contributed by atoms with Crippen molar-refractivity contribution in [1.82, 2.24) is 4.72 Å². The maximum atomic E-state index is 11.9. The van der Waals surface area contributed by atoms with Gasteiger partial charge in [-0.3, -0.25) is 0 Å². The number of benzene rings is 1. The summed E-state index contributed by atoms with van der Waals surface area (Å²) in [7, 11) is -3.49. The topological polar surface area (TPSA) is 75.6 Å². The molecule has 0 saturated carbocycles. The minimum absolute atomic E-state index is 0.0251. The van der Waals surface area contributed by atoms with Crippen LogP contribution in [-0.2, 0) is 14.8 Å². The van der Waals surface area contributed by atoms with Gasteiger partial charge in [-0.15, -0.1) is 0 Å². The number of sulfonamides is 1. The number of hydrogen-bond acceptors (Lipinski definition) is 4. The quantitative estimate of drug-likeness (QED) is 0.697. The fourth-order valence-electron chi connectivity index (χ4n) is 1.29. The Balaban J connectivity index is 2.44. The normalized spacial score (nSPS) is 11.7. The Bertz CT molecular complexity index is 464. The molecule has 0 aliphatic carbocycles. The molecule has 0 heterocycles. The number of aliphatic hydroxyl groups is 1. The van der Waals surface area contributed by atoms with Crippen LogP contribution in [0.2, 0.25) is 0 Å². The van der Waals surface area contributed by atoms with Crippen LogP contribution in [0.3, 0.4) is 0 Å². The van der Waals surface area contributed by atoms with Gasteiger partial charge in [-0.1, -0.05) is 12.1 Å². The van der Waals surface area contributed by atoms with E-state index in [0.717, 1.165) is 0 Å². The molecule has 1 aromatic carbocycles. The molecule has 7 heteroatoms. The Hall–Kier alpha value is -0.470. The molecule has 0 aliphatic rings. The van der Waals surface area contributed by atoms with Crippen LogP contribution >= 0.6 is 15.9 Å². The van der Waals surface area contributed by atoms with E-state index in [1.54, 1.807) is 18.2 Å². The molecule has 0 amide bonds. The van der Waals surface area contributed by atoms with Crippen LogP contribution in [0.1, 0.15) is 6.42 Å². The first kappa shape index (κ1) is 15.6. The highest BCUT2D eigenvalue weighted by molar-refractivity contribution is 9.10. The number of aliphatic hydroxyl groups excluding tert-OH is 1. The van der Waals surface area contributed by atoms with E-state index < -0.39 is 10.0 Å². The SMILES string of the molecule is O=S(=O)(NCCCOCCO)c1ccccc1Br. The second-order valence-electron chi connectivity index (χ2n) is 3.52. The van der Waals surface area contributed by atoms with Crippen molar-refractivity contribution in [3.05, 3.63) is 28.7 Å². The van der Waals surface area contributed by atoms with Gasteiger partial charge in [0.2, 0.25) is 10.0 Å². The molecule has 0 saturated heterocycles. The smallest absolute Gasteiger partial charge is 0.241 e. The lowest BCUT2D eigenvalue weighted by atomic mass is 10.4. The van der Waals surface area contributed by atoms with Gasteiger partial charge in [-0.25, -0.2) is 13.1 Å². The monoisotopic (exact) mass is 337 g/mol. The van der Waals surface area contributed by atoms with Crippen molar-refractivity contribution in [3.8, 4) is 0 Å². The van der Waals surface area contributed by atoms with E-state index in [1.807, 2.05) is 0 Å². The predicted octanol–water partition coefficient (Wildman–Crippen LogP) is 1.13. The first-order chi connectivity index (χ1) is 8.58. The molecule has 0 aliphatic heterocycles. The summed E-state index contributed by atoms with van der Waals surface area (Å²) < 4.78 is 31.9. The van der Waals surface area contributed by atoms with Crippen LogP contribution in [-0.4, -0.2) is 39.9 Å². The zero-order valence-corrected chi connectivity index (χ0v) is 12.2. The molecule has 0 spiro atoms. The highest BCUT2D eigenvalue weighted by atomic mass is 79.9. The van der Waals surface area contributed by atoms with Crippen molar-refractivity contribution >= 4 is 26.0 Å². The third kappa shape index (κ3) is 5.03. The first-order valence-electron chi connectivity index (χ1n) is 5.51. The van der Waals surface area contributed by atoms with Crippen molar-refractivity contribution in [3.63, 3.8) is 0 Å². The maximum Gasteiger partial charge on any atom is 0.241 e. The summed E-state index contributed by atoms with van der Waals surface area (Å²) in [6.07, 6.45) is 0.559. The molecule has 1 aromatic rings. The third-order valence-electron chi connectivity index (χ3n) is 2.12. The lowest BCUT2D eigenvalue weighted by Gasteiger charge is -2.08. The van der Waals surface area contributed by atoms with E-state index in [4.69, 9.17) is 9.84 Å². The summed E-state index contributed by atoms with van der Waals surface area (Å²) in [5.41, 5.74) is 0. The van der Waals surface area contributed by atoms with E-state index in [2.05, 4.69) is 20.7 Å². The fourth-order valence-corrected chi connectivity index (χ4v) is 3.36. The minimum Gasteiger partial charge on any atom is -0.394 e. The van der Waals surface area contributed by atoms with Gasteiger partial charge in [0.15, 0.2) is 0 Å². The first-order valence-corrected chi connectivity index (χ1v) is 7.78. The lowest BCUT2D eigenvalue weighted by molar-refractivity contribution is 0.0913. The van der Waals surface area contributed by atoms with Crippen LogP contribution in [0.25, 0.3) is 0 Å². The van der Waals surface area contributed by atoms with Gasteiger partial charge in [0, 0.05) is 17.6 Å².